The Kier molecular flexibility index (Phi) is 13.2. The van der Waals surface area contributed by atoms with Crippen LogP contribution in [0.4, 0.5) is 5.69 Å². The van der Waals surface area contributed by atoms with Gasteiger partial charge in [0.05, 0.1) is 16.6 Å². The smallest absolute Gasteiger partial charge is 0.336 e. The molecule has 336 valence electrons. The Morgan fingerprint density at radius 3 is 1.85 bits per heavy atom. The van der Waals surface area contributed by atoms with Crippen molar-refractivity contribution in [2.45, 2.75) is 27.9 Å². The predicted octanol–water partition coefficient (Wildman–Crippen LogP) is -3.35. The van der Waals surface area contributed by atoms with Crippen LogP contribution in [0.25, 0.3) is 33.4 Å². The Bertz CT molecular complexity index is 3140. The van der Waals surface area contributed by atoms with Gasteiger partial charge in [-0.15, -0.1) is 0 Å². The molecule has 0 radical (unpaired) electrons. The summed E-state index contributed by atoms with van der Waals surface area (Å²) in [5.41, 5.74) is 3.66. The highest BCUT2D eigenvalue weighted by Crippen LogP contribution is 2.45. The van der Waals surface area contributed by atoms with E-state index in [4.69, 9.17) is 15.6 Å². The zero-order chi connectivity index (χ0) is 46.3. The normalized spacial score (nSPS) is 20.6. The maximum atomic E-state index is 14.4. The molecule has 12 N–H and O–H groups in total. The first-order valence-electron chi connectivity index (χ1n) is 16.9. The van der Waals surface area contributed by atoms with Gasteiger partial charge in [-0.1, -0.05) is 18.2 Å². The number of carboxylic acids is 1. The number of anilines is 1. The van der Waals surface area contributed by atoms with Gasteiger partial charge in [0.2, 0.25) is 37.8 Å². The molecule has 3 unspecified atom stereocenters. The number of nitrogen functional groups attached to an aromatic ring is 1. The van der Waals surface area contributed by atoms with Crippen molar-refractivity contribution in [2.75, 3.05) is 36.1 Å². The number of nitrogens with one attached hydrogen (secondary N) is 6. The van der Waals surface area contributed by atoms with E-state index < -0.39 is 160 Å². The van der Waals surface area contributed by atoms with E-state index in [2.05, 4.69) is 4.72 Å². The highest BCUT2D eigenvalue weighted by Gasteiger charge is 2.39. The van der Waals surface area contributed by atoms with Crippen LogP contribution in [0.5, 0.6) is 0 Å². The summed E-state index contributed by atoms with van der Waals surface area (Å²) in [5.74, 6) is -13.0. The van der Waals surface area contributed by atoms with Gasteiger partial charge in [-0.3, -0.25) is 33.5 Å². The summed E-state index contributed by atoms with van der Waals surface area (Å²) in [4.78, 5) is 50.4. The van der Waals surface area contributed by atoms with Crippen molar-refractivity contribution in [1.82, 2.24) is 25.4 Å². The fourth-order valence-corrected chi connectivity index (χ4v) is 11.0. The van der Waals surface area contributed by atoms with Crippen LogP contribution in [0.3, 0.4) is 0 Å². The summed E-state index contributed by atoms with van der Waals surface area (Å²) in [6, 6.07) is 1.50. The molecule has 3 amide bonds. The SMILES string of the molecule is N=c1ccc2c(-c3ccccc3C(=O)O)c3ccc(N)c4c3oc-2c1S(=O)(=O)NC(CS(=O)(=O)O)C(=O)NC(CS(=O)(=O)O)C(=O)NC(CS(=O)(=O)O)C(=O)NCCNS4(=O)=O. The van der Waals surface area contributed by atoms with E-state index in [-0.39, 0.29) is 22.1 Å². The molecule has 5 rings (SSSR count). The molecule has 3 aliphatic rings. The van der Waals surface area contributed by atoms with Gasteiger partial charge in [-0.05, 0) is 35.9 Å². The van der Waals surface area contributed by atoms with Crippen LogP contribution >= 0.6 is 0 Å². The van der Waals surface area contributed by atoms with E-state index in [0.717, 1.165) is 24.3 Å². The molecular formula is C31H33N7O19S5. The van der Waals surface area contributed by atoms with Crippen LogP contribution in [-0.2, 0) is 64.8 Å². The standard InChI is InChI=1S/C31H33N7O19S5/c32-18-7-5-16-23(14-3-1-2-4-15(14)31(42)43)17-6-8-19(33)27-25(17)57-24(16)26(18)61(53,54)35-10-9-34-28(39)20(11-58(44,45)46)36-29(40)21(12-59(47,48)49)37-30(41)22(13-60(50,51)52)38-62(27,55)56/h1-8,20-22,33,35,38H,9-13,32H2,(H,34,39)(H,36,40)(H,37,41)(H,42,43)(H,44,45,46)(H,47,48,49)(H,50,51,52). The highest BCUT2D eigenvalue weighted by atomic mass is 32.2. The Morgan fingerprint density at radius 2 is 1.27 bits per heavy atom. The van der Waals surface area contributed by atoms with Crippen LogP contribution in [0.15, 0.2) is 62.7 Å². The zero-order valence-corrected chi connectivity index (χ0v) is 35.0. The van der Waals surface area contributed by atoms with Crippen LogP contribution in [0.2, 0.25) is 0 Å². The molecule has 0 saturated carbocycles. The van der Waals surface area contributed by atoms with Crippen molar-refractivity contribution in [3.8, 4) is 22.5 Å². The third-order valence-corrected chi connectivity index (χ3v) is 14.0. The van der Waals surface area contributed by atoms with E-state index in [1.165, 1.54) is 24.3 Å². The quantitative estimate of drug-likeness (QED) is 0.0467. The zero-order valence-electron chi connectivity index (χ0n) is 30.9. The topological polar surface area (TPSA) is 443 Å². The van der Waals surface area contributed by atoms with Crippen LogP contribution < -0.4 is 36.5 Å². The lowest BCUT2D eigenvalue weighted by atomic mass is 9.90. The fraction of sp³-hybridized carbons (Fsp3) is 0.258. The lowest BCUT2D eigenvalue weighted by Crippen LogP contribution is -2.60. The van der Waals surface area contributed by atoms with Crippen LogP contribution in [-0.4, -0.2) is 133 Å². The molecule has 26 nitrogen and oxygen atoms in total. The molecule has 31 heteroatoms. The molecular weight excluding hydrogens is 935 g/mol. The summed E-state index contributed by atoms with van der Waals surface area (Å²) in [6.07, 6.45) is 0. The lowest BCUT2D eigenvalue weighted by molar-refractivity contribution is -0.131. The van der Waals surface area contributed by atoms with E-state index in [1.807, 2.05) is 5.32 Å². The van der Waals surface area contributed by atoms with E-state index in [9.17, 15) is 80.0 Å². The van der Waals surface area contributed by atoms with Gasteiger partial charge >= 0.3 is 5.97 Å². The number of sulfonamides is 2. The largest absolute Gasteiger partial charge is 0.478 e. The molecule has 2 aromatic rings. The van der Waals surface area contributed by atoms with Crippen LogP contribution in [0, 0.1) is 5.41 Å². The maximum absolute atomic E-state index is 14.4. The molecule has 3 atom stereocenters. The van der Waals surface area contributed by atoms with Gasteiger partial charge in [-0.2, -0.15) is 30.0 Å². The minimum Gasteiger partial charge on any atom is -0.478 e. The fourth-order valence-electron chi connectivity index (χ4n) is 6.22. The Labute approximate surface area is 350 Å². The number of hydrogen-bond acceptors (Lipinski definition) is 17. The molecule has 0 saturated heterocycles. The third-order valence-electron chi connectivity index (χ3n) is 8.69. The number of carboxylic acid groups (broad SMARTS) is 1. The first-order chi connectivity index (χ1) is 28.5. The van der Waals surface area contributed by atoms with E-state index in [0.29, 0.717) is 0 Å². The van der Waals surface area contributed by atoms with Crippen LogP contribution in [0.1, 0.15) is 10.4 Å². The van der Waals surface area contributed by atoms with Crippen molar-refractivity contribution in [3.05, 3.63) is 59.5 Å². The molecule has 0 aromatic heterocycles. The van der Waals surface area contributed by atoms with Crippen molar-refractivity contribution < 1.29 is 84.4 Å². The van der Waals surface area contributed by atoms with Crippen molar-refractivity contribution >= 4 is 90.7 Å². The first-order valence-corrected chi connectivity index (χ1v) is 24.7. The van der Waals surface area contributed by atoms with Gasteiger partial charge in [0.25, 0.3) is 30.4 Å². The predicted molar refractivity (Wildman–Crippen MR) is 211 cm³/mol. The van der Waals surface area contributed by atoms with Gasteiger partial charge in [0.1, 0.15) is 40.3 Å². The number of amides is 3. The van der Waals surface area contributed by atoms with Crippen molar-refractivity contribution in [2.24, 2.45) is 0 Å². The number of rotatable bonds is 8. The number of benzene rings is 3. The summed E-state index contributed by atoms with van der Waals surface area (Å²) in [6.45, 7) is -1.51. The number of carbonyl (C=O) groups is 4. The third kappa shape index (κ3) is 10.9. The lowest BCUT2D eigenvalue weighted by Gasteiger charge is -2.25. The van der Waals surface area contributed by atoms with E-state index in [1.54, 1.807) is 15.4 Å². The molecule has 2 heterocycles. The van der Waals surface area contributed by atoms with E-state index >= 15 is 0 Å². The van der Waals surface area contributed by atoms with Gasteiger partial charge in [-0.25, -0.2) is 26.4 Å². The first kappa shape index (κ1) is 47.4. The summed E-state index contributed by atoms with van der Waals surface area (Å²) in [5, 5.41) is 22.9. The molecule has 2 bridgehead atoms. The Hall–Kier alpha value is -5.64. The summed E-state index contributed by atoms with van der Waals surface area (Å²) in [7, 11) is -26.6. The minimum absolute atomic E-state index is 0.177. The van der Waals surface area contributed by atoms with Crippen molar-refractivity contribution in [1.29, 1.82) is 5.41 Å². The molecule has 62 heavy (non-hydrogen) atoms. The molecule has 0 spiro atoms. The van der Waals surface area contributed by atoms with Gasteiger partial charge < -0.3 is 31.2 Å². The van der Waals surface area contributed by atoms with Crippen molar-refractivity contribution in [3.63, 3.8) is 0 Å². The number of hydrogen-bond donors (Lipinski definition) is 11. The second-order valence-electron chi connectivity index (χ2n) is 13.2. The Balaban J connectivity index is 1.87. The molecule has 0 fully saturated rings. The number of carbonyl (C=O) groups excluding carboxylic acids is 3. The molecule has 2 aromatic carbocycles. The maximum Gasteiger partial charge on any atom is 0.336 e. The highest BCUT2D eigenvalue weighted by molar-refractivity contribution is 7.90. The average molecular weight is 968 g/mol. The second kappa shape index (κ2) is 17.3. The molecule has 2 aliphatic heterocycles. The number of nitrogens with two attached hydrogens (primary N) is 1. The number of aromatic carboxylic acids is 1. The monoisotopic (exact) mass is 967 g/mol. The molecule has 1 aliphatic carbocycles. The second-order valence-corrected chi connectivity index (χ2v) is 21.1. The average Bonchev–Trinajstić information content (AvgIpc) is 3.12. The minimum atomic E-state index is -5.63. The summed E-state index contributed by atoms with van der Waals surface area (Å²) < 4.78 is 167. The van der Waals surface area contributed by atoms with Gasteiger partial charge in [0.15, 0.2) is 16.2 Å². The summed E-state index contributed by atoms with van der Waals surface area (Å²) >= 11 is 0. The van der Waals surface area contributed by atoms with Gasteiger partial charge in [0, 0.05) is 29.6 Å². The Morgan fingerprint density at radius 1 is 0.726 bits per heavy atom.